The van der Waals surface area contributed by atoms with Gasteiger partial charge in [-0.05, 0) is 11.8 Å². The highest BCUT2D eigenvalue weighted by molar-refractivity contribution is 7.81. The second-order valence-electron chi connectivity index (χ2n) is 3.11. The minimum Gasteiger partial charge on any atom is -0.176 e. The van der Waals surface area contributed by atoms with Crippen LogP contribution in [0.25, 0.3) is 0 Å². The predicted octanol–water partition coefficient (Wildman–Crippen LogP) is 3.23. The summed E-state index contributed by atoms with van der Waals surface area (Å²) in [6, 6.07) is 0. The van der Waals surface area contributed by atoms with Crippen LogP contribution in [0.1, 0.15) is 13.8 Å². The summed E-state index contributed by atoms with van der Waals surface area (Å²) in [5, 5.41) is 0.611. The van der Waals surface area contributed by atoms with E-state index in [1.54, 1.807) is 0 Å². The van der Waals surface area contributed by atoms with Crippen molar-refractivity contribution in [2.75, 3.05) is 0 Å². The van der Waals surface area contributed by atoms with Crippen molar-refractivity contribution < 1.29 is 0 Å². The van der Waals surface area contributed by atoms with Crippen LogP contribution in [0.15, 0.2) is 25.3 Å². The molecule has 0 rings (SSSR count). The molecule has 0 saturated heterocycles. The van der Waals surface area contributed by atoms with Gasteiger partial charge in [-0.1, -0.05) is 26.0 Å². The van der Waals surface area contributed by atoms with E-state index in [4.69, 9.17) is 0 Å². The van der Waals surface area contributed by atoms with Crippen molar-refractivity contribution in [3.8, 4) is 0 Å². The van der Waals surface area contributed by atoms with Gasteiger partial charge in [-0.2, -0.15) is 25.3 Å². The van der Waals surface area contributed by atoms with Crippen LogP contribution < -0.4 is 0 Å². The van der Waals surface area contributed by atoms with Crippen LogP contribution >= 0.6 is 25.3 Å². The van der Waals surface area contributed by atoms with Crippen molar-refractivity contribution in [1.82, 2.24) is 0 Å². The maximum atomic E-state index is 4.41. The van der Waals surface area contributed by atoms with Crippen LogP contribution in [0.4, 0.5) is 0 Å². The fourth-order valence-corrected chi connectivity index (χ4v) is 1.99. The van der Waals surface area contributed by atoms with E-state index in [2.05, 4.69) is 52.3 Å². The Morgan fingerprint density at radius 3 is 1.25 bits per heavy atom. The molecule has 12 heavy (non-hydrogen) atoms. The third kappa shape index (κ3) is 3.28. The second kappa shape index (κ2) is 5.76. The average Bonchev–Trinajstić information content (AvgIpc) is 1.98. The summed E-state index contributed by atoms with van der Waals surface area (Å²) in [5.74, 6) is 0.719. The normalized spacial score (nSPS) is 20.7. The zero-order valence-corrected chi connectivity index (χ0v) is 9.56. The fourth-order valence-electron chi connectivity index (χ4n) is 1.35. The molecule has 0 N–H and O–H groups in total. The van der Waals surface area contributed by atoms with Crippen LogP contribution in [0.2, 0.25) is 0 Å². The molecule has 0 aliphatic heterocycles. The van der Waals surface area contributed by atoms with Crippen molar-refractivity contribution in [2.24, 2.45) is 11.8 Å². The molecule has 0 bridgehead atoms. The molecule has 4 atom stereocenters. The lowest BCUT2D eigenvalue weighted by Crippen LogP contribution is -2.24. The zero-order valence-electron chi connectivity index (χ0n) is 7.77. The molecule has 4 unspecified atom stereocenters. The minimum absolute atomic E-state index is 0.306. The first kappa shape index (κ1) is 12.2. The lowest BCUT2D eigenvalue weighted by molar-refractivity contribution is 0.472. The van der Waals surface area contributed by atoms with Gasteiger partial charge in [0, 0.05) is 10.5 Å². The van der Waals surface area contributed by atoms with E-state index >= 15 is 0 Å². The lowest BCUT2D eigenvalue weighted by atomic mass is 9.87. The summed E-state index contributed by atoms with van der Waals surface area (Å²) in [6.07, 6.45) is 3.88. The molecule has 0 aromatic rings. The summed E-state index contributed by atoms with van der Waals surface area (Å²) in [7, 11) is 0. The van der Waals surface area contributed by atoms with Crippen molar-refractivity contribution >= 4 is 25.3 Å². The first-order chi connectivity index (χ1) is 5.54. The number of allylic oxidation sites excluding steroid dienone is 2. The van der Waals surface area contributed by atoms with Crippen LogP contribution in [-0.4, -0.2) is 10.5 Å². The standard InChI is InChI=1S/C10H18S2/c1-5-9(7(3)11)10(6-2)8(4)12/h5-12H,1-2H2,3-4H3. The maximum Gasteiger partial charge on any atom is 0.00572 e. The molecule has 70 valence electrons. The summed E-state index contributed by atoms with van der Waals surface area (Å²) < 4.78 is 0. The molecule has 0 aromatic carbocycles. The van der Waals surface area contributed by atoms with E-state index in [-0.39, 0.29) is 0 Å². The summed E-state index contributed by atoms with van der Waals surface area (Å²) in [4.78, 5) is 0. The zero-order chi connectivity index (χ0) is 9.72. The molecule has 0 spiro atoms. The van der Waals surface area contributed by atoms with Gasteiger partial charge in [-0.3, -0.25) is 0 Å². The molecule has 0 fully saturated rings. The Hall–Kier alpha value is 0.180. The van der Waals surface area contributed by atoms with Gasteiger partial charge in [0.1, 0.15) is 0 Å². The third-order valence-corrected chi connectivity index (χ3v) is 2.79. The van der Waals surface area contributed by atoms with Gasteiger partial charge >= 0.3 is 0 Å². The van der Waals surface area contributed by atoms with Gasteiger partial charge in [0.2, 0.25) is 0 Å². The molecular weight excluding hydrogens is 184 g/mol. The minimum atomic E-state index is 0.306. The molecule has 0 nitrogen and oxygen atoms in total. The first-order valence-electron chi connectivity index (χ1n) is 4.15. The molecular formula is C10H18S2. The molecule has 0 radical (unpaired) electrons. The van der Waals surface area contributed by atoms with Gasteiger partial charge in [0.25, 0.3) is 0 Å². The molecule has 0 amide bonds. The van der Waals surface area contributed by atoms with Crippen LogP contribution in [-0.2, 0) is 0 Å². The van der Waals surface area contributed by atoms with Crippen molar-refractivity contribution in [1.29, 1.82) is 0 Å². The SMILES string of the molecule is C=CC(C(C)S)C(C=C)C(C)S. The number of thiol groups is 2. The van der Waals surface area contributed by atoms with Crippen molar-refractivity contribution in [3.05, 3.63) is 25.3 Å². The Kier molecular flexibility index (Phi) is 5.85. The third-order valence-electron chi connectivity index (χ3n) is 2.10. The Bertz CT molecular complexity index is 132. The Labute approximate surface area is 87.0 Å². The van der Waals surface area contributed by atoms with Crippen LogP contribution in [0.3, 0.4) is 0 Å². The second-order valence-corrected chi connectivity index (χ2v) is 4.74. The van der Waals surface area contributed by atoms with E-state index in [0.29, 0.717) is 22.3 Å². The summed E-state index contributed by atoms with van der Waals surface area (Å²) >= 11 is 8.82. The Morgan fingerprint density at radius 1 is 0.917 bits per heavy atom. The molecule has 0 aliphatic rings. The van der Waals surface area contributed by atoms with Gasteiger partial charge < -0.3 is 0 Å². The largest absolute Gasteiger partial charge is 0.176 e. The van der Waals surface area contributed by atoms with Gasteiger partial charge in [0.15, 0.2) is 0 Å². The fraction of sp³-hybridized carbons (Fsp3) is 0.600. The van der Waals surface area contributed by atoms with Crippen molar-refractivity contribution in [2.45, 2.75) is 24.3 Å². The van der Waals surface area contributed by atoms with Gasteiger partial charge in [0.05, 0.1) is 0 Å². The molecule has 0 aliphatic carbocycles. The van der Waals surface area contributed by atoms with Gasteiger partial charge in [-0.25, -0.2) is 0 Å². The predicted molar refractivity (Wildman–Crippen MR) is 64.3 cm³/mol. The molecule has 2 heteroatoms. The van der Waals surface area contributed by atoms with E-state index in [0.717, 1.165) is 0 Å². The topological polar surface area (TPSA) is 0 Å². The molecule has 0 aromatic heterocycles. The first-order valence-corrected chi connectivity index (χ1v) is 5.19. The van der Waals surface area contributed by atoms with Crippen molar-refractivity contribution in [3.63, 3.8) is 0 Å². The van der Waals surface area contributed by atoms with E-state index in [1.165, 1.54) is 0 Å². The molecule has 0 heterocycles. The monoisotopic (exact) mass is 202 g/mol. The van der Waals surface area contributed by atoms with Crippen LogP contribution in [0, 0.1) is 11.8 Å². The number of rotatable bonds is 5. The summed E-state index contributed by atoms with van der Waals surface area (Å²) in [5.41, 5.74) is 0. The maximum absolute atomic E-state index is 4.41. The smallest absolute Gasteiger partial charge is 0.00572 e. The highest BCUT2D eigenvalue weighted by Gasteiger charge is 2.22. The number of hydrogen-bond donors (Lipinski definition) is 2. The quantitative estimate of drug-likeness (QED) is 0.496. The Balaban J connectivity index is 4.43. The average molecular weight is 202 g/mol. The van der Waals surface area contributed by atoms with E-state index < -0.39 is 0 Å². The molecule has 0 saturated carbocycles. The van der Waals surface area contributed by atoms with Gasteiger partial charge in [-0.15, -0.1) is 13.2 Å². The lowest BCUT2D eigenvalue weighted by Gasteiger charge is -2.26. The Morgan fingerprint density at radius 2 is 1.17 bits per heavy atom. The highest BCUT2D eigenvalue weighted by atomic mass is 32.1. The van der Waals surface area contributed by atoms with Crippen LogP contribution in [0.5, 0.6) is 0 Å². The number of hydrogen-bond acceptors (Lipinski definition) is 2. The van der Waals surface area contributed by atoms with E-state index in [9.17, 15) is 0 Å². The highest BCUT2D eigenvalue weighted by Crippen LogP contribution is 2.27. The summed E-state index contributed by atoms with van der Waals surface area (Å²) in [6.45, 7) is 11.7. The van der Waals surface area contributed by atoms with E-state index in [1.807, 2.05) is 12.2 Å².